The van der Waals surface area contributed by atoms with Crippen LogP contribution in [0.1, 0.15) is 12.5 Å². The molecule has 0 saturated carbocycles. The molecule has 0 aliphatic carbocycles. The van der Waals surface area contributed by atoms with E-state index in [1.54, 1.807) is 24.0 Å². The average molecular weight is 281 g/mol. The van der Waals surface area contributed by atoms with Crippen LogP contribution in [0.15, 0.2) is 24.3 Å². The van der Waals surface area contributed by atoms with E-state index in [9.17, 15) is 14.0 Å². The van der Waals surface area contributed by atoms with Gasteiger partial charge in [-0.25, -0.2) is 9.18 Å². The molecule has 1 aliphatic rings. The summed E-state index contributed by atoms with van der Waals surface area (Å²) in [6, 6.07) is 5.92. The lowest BCUT2D eigenvalue weighted by Crippen LogP contribution is -2.63. The number of halogens is 1. The van der Waals surface area contributed by atoms with E-state index in [-0.39, 0.29) is 24.8 Å². The molecule has 1 saturated heterocycles. The molecule has 6 heteroatoms. The fourth-order valence-electron chi connectivity index (χ4n) is 2.20. The second-order valence-corrected chi connectivity index (χ2v) is 5.19. The van der Waals surface area contributed by atoms with Crippen LogP contribution in [0.5, 0.6) is 0 Å². The Labute approximate surface area is 116 Å². The van der Waals surface area contributed by atoms with E-state index in [4.69, 9.17) is 9.84 Å². The Hall–Kier alpha value is -1.95. The summed E-state index contributed by atoms with van der Waals surface area (Å²) in [6.07, 6.45) is 0.132. The quantitative estimate of drug-likeness (QED) is 0.876. The largest absolute Gasteiger partial charge is 0.480 e. The molecule has 1 heterocycles. The second-order valence-electron chi connectivity index (χ2n) is 5.19. The number of likely N-dealkylation sites (tertiary alicyclic amines) is 1. The summed E-state index contributed by atoms with van der Waals surface area (Å²) < 4.78 is 18.2. The number of ether oxygens (including phenoxy) is 1. The number of carbonyl (C=O) groups is 2. The highest BCUT2D eigenvalue weighted by Crippen LogP contribution is 2.25. The van der Waals surface area contributed by atoms with Gasteiger partial charge in [0.1, 0.15) is 18.0 Å². The molecular formula is C14H16FNO4. The van der Waals surface area contributed by atoms with Crippen LogP contribution in [-0.2, 0) is 20.7 Å². The van der Waals surface area contributed by atoms with Gasteiger partial charge in [0.15, 0.2) is 0 Å². The number of benzene rings is 1. The lowest BCUT2D eigenvalue weighted by Gasteiger charge is -2.47. The van der Waals surface area contributed by atoms with Gasteiger partial charge in [0.2, 0.25) is 5.91 Å². The van der Waals surface area contributed by atoms with Crippen LogP contribution in [0.2, 0.25) is 0 Å². The summed E-state index contributed by atoms with van der Waals surface area (Å²) in [5, 5.41) is 8.55. The first-order chi connectivity index (χ1) is 9.38. The molecular weight excluding hydrogens is 265 g/mol. The molecule has 0 spiro atoms. The Morgan fingerprint density at radius 3 is 2.75 bits per heavy atom. The maximum atomic E-state index is 13.0. The summed E-state index contributed by atoms with van der Waals surface area (Å²) >= 11 is 0. The van der Waals surface area contributed by atoms with Gasteiger partial charge in [0, 0.05) is 0 Å². The van der Waals surface area contributed by atoms with Crippen molar-refractivity contribution in [1.29, 1.82) is 0 Å². The highest BCUT2D eigenvalue weighted by molar-refractivity contribution is 5.80. The number of carbonyl (C=O) groups excluding carboxylic acids is 1. The van der Waals surface area contributed by atoms with Gasteiger partial charge in [-0.05, 0) is 24.6 Å². The Balaban J connectivity index is 1.83. The zero-order valence-corrected chi connectivity index (χ0v) is 11.1. The van der Waals surface area contributed by atoms with E-state index in [1.807, 2.05) is 0 Å². The zero-order valence-electron chi connectivity index (χ0n) is 11.1. The predicted octanol–water partition coefficient (Wildman–Crippen LogP) is 1.07. The smallest absolute Gasteiger partial charge is 0.329 e. The van der Waals surface area contributed by atoms with E-state index < -0.39 is 11.6 Å². The SMILES string of the molecule is CC1(OCC(=O)O)CN(C(=O)Cc2cccc(F)c2)C1. The molecule has 2 rings (SSSR count). The van der Waals surface area contributed by atoms with Crippen LogP contribution in [0, 0.1) is 5.82 Å². The van der Waals surface area contributed by atoms with Crippen molar-refractivity contribution in [2.45, 2.75) is 18.9 Å². The highest BCUT2D eigenvalue weighted by Gasteiger charge is 2.42. The molecule has 0 radical (unpaired) electrons. The van der Waals surface area contributed by atoms with Crippen molar-refractivity contribution < 1.29 is 23.8 Å². The summed E-state index contributed by atoms with van der Waals surface area (Å²) in [7, 11) is 0. The van der Waals surface area contributed by atoms with E-state index in [0.29, 0.717) is 18.7 Å². The van der Waals surface area contributed by atoms with Crippen LogP contribution in [0.25, 0.3) is 0 Å². The van der Waals surface area contributed by atoms with Gasteiger partial charge in [-0.15, -0.1) is 0 Å². The van der Waals surface area contributed by atoms with Crippen LogP contribution >= 0.6 is 0 Å². The molecule has 1 aromatic rings. The zero-order chi connectivity index (χ0) is 14.8. The van der Waals surface area contributed by atoms with Crippen molar-refractivity contribution in [2.75, 3.05) is 19.7 Å². The Bertz CT molecular complexity index is 526. The molecule has 5 nitrogen and oxygen atoms in total. The van der Waals surface area contributed by atoms with Crippen molar-refractivity contribution in [2.24, 2.45) is 0 Å². The number of nitrogens with zero attached hydrogens (tertiary/aromatic N) is 1. The standard InChI is InChI=1S/C14H16FNO4/c1-14(20-7-13(18)19)8-16(9-14)12(17)6-10-3-2-4-11(15)5-10/h2-5H,6-9H2,1H3,(H,18,19). The molecule has 1 aliphatic heterocycles. The van der Waals surface area contributed by atoms with Gasteiger partial charge < -0.3 is 14.7 Å². The fraction of sp³-hybridized carbons (Fsp3) is 0.429. The second kappa shape index (κ2) is 5.58. The average Bonchev–Trinajstić information content (AvgIpc) is 2.33. The topological polar surface area (TPSA) is 66.8 Å². The molecule has 20 heavy (non-hydrogen) atoms. The molecule has 0 aromatic heterocycles. The minimum atomic E-state index is -1.03. The lowest BCUT2D eigenvalue weighted by atomic mass is 9.95. The van der Waals surface area contributed by atoms with E-state index in [0.717, 1.165) is 0 Å². The number of hydrogen-bond donors (Lipinski definition) is 1. The molecule has 0 bridgehead atoms. The number of carboxylic acid groups (broad SMARTS) is 1. The Kier molecular flexibility index (Phi) is 4.04. The lowest BCUT2D eigenvalue weighted by molar-refractivity contribution is -0.172. The van der Waals surface area contributed by atoms with Crippen LogP contribution in [-0.4, -0.2) is 47.2 Å². The number of amides is 1. The van der Waals surface area contributed by atoms with Crippen LogP contribution in [0.4, 0.5) is 4.39 Å². The molecule has 1 N–H and O–H groups in total. The van der Waals surface area contributed by atoms with Crippen molar-refractivity contribution in [3.63, 3.8) is 0 Å². The summed E-state index contributed by atoms with van der Waals surface area (Å²) in [6.45, 7) is 2.10. The van der Waals surface area contributed by atoms with Crippen molar-refractivity contribution in [1.82, 2.24) is 4.90 Å². The maximum Gasteiger partial charge on any atom is 0.329 e. The predicted molar refractivity (Wildman–Crippen MR) is 68.7 cm³/mol. The van der Waals surface area contributed by atoms with E-state index >= 15 is 0 Å². The van der Waals surface area contributed by atoms with Crippen LogP contribution < -0.4 is 0 Å². The first-order valence-electron chi connectivity index (χ1n) is 6.26. The normalized spacial score (nSPS) is 16.6. The molecule has 0 atom stereocenters. The Morgan fingerprint density at radius 2 is 2.15 bits per heavy atom. The Morgan fingerprint density at radius 1 is 1.45 bits per heavy atom. The molecule has 0 unspecified atom stereocenters. The minimum Gasteiger partial charge on any atom is -0.480 e. The first kappa shape index (κ1) is 14.5. The van der Waals surface area contributed by atoms with Gasteiger partial charge in [-0.3, -0.25) is 4.79 Å². The van der Waals surface area contributed by atoms with Gasteiger partial charge in [-0.1, -0.05) is 12.1 Å². The maximum absolute atomic E-state index is 13.0. The van der Waals surface area contributed by atoms with Crippen molar-refractivity contribution in [3.8, 4) is 0 Å². The molecule has 1 amide bonds. The summed E-state index contributed by atoms with van der Waals surface area (Å²) in [5.74, 6) is -1.52. The molecule has 1 fully saturated rings. The number of aliphatic carboxylic acids is 1. The van der Waals surface area contributed by atoms with Gasteiger partial charge in [0.25, 0.3) is 0 Å². The van der Waals surface area contributed by atoms with Gasteiger partial charge in [-0.2, -0.15) is 0 Å². The first-order valence-corrected chi connectivity index (χ1v) is 6.26. The summed E-state index contributed by atoms with van der Waals surface area (Å²) in [4.78, 5) is 24.0. The van der Waals surface area contributed by atoms with Crippen molar-refractivity contribution >= 4 is 11.9 Å². The van der Waals surface area contributed by atoms with Gasteiger partial charge in [0.05, 0.1) is 19.5 Å². The molecule has 108 valence electrons. The van der Waals surface area contributed by atoms with Crippen molar-refractivity contribution in [3.05, 3.63) is 35.6 Å². The van der Waals surface area contributed by atoms with Gasteiger partial charge >= 0.3 is 5.97 Å². The fourth-order valence-corrected chi connectivity index (χ4v) is 2.20. The third-order valence-corrected chi connectivity index (χ3v) is 3.19. The number of hydrogen-bond acceptors (Lipinski definition) is 3. The monoisotopic (exact) mass is 281 g/mol. The van der Waals surface area contributed by atoms with Crippen LogP contribution in [0.3, 0.4) is 0 Å². The van der Waals surface area contributed by atoms with E-state index in [1.165, 1.54) is 12.1 Å². The highest BCUT2D eigenvalue weighted by atomic mass is 19.1. The van der Waals surface area contributed by atoms with E-state index in [2.05, 4.69) is 0 Å². The third kappa shape index (κ3) is 3.54. The number of carboxylic acids is 1. The number of rotatable bonds is 5. The minimum absolute atomic E-state index is 0.119. The third-order valence-electron chi connectivity index (χ3n) is 3.19. The summed E-state index contributed by atoms with van der Waals surface area (Å²) in [5.41, 5.74) is 0.0192. The molecule has 1 aromatic carbocycles.